The van der Waals surface area contributed by atoms with Crippen molar-refractivity contribution in [1.29, 1.82) is 0 Å². The fourth-order valence-electron chi connectivity index (χ4n) is 3.13. The average molecular weight is 399 g/mol. The summed E-state index contributed by atoms with van der Waals surface area (Å²) in [5.74, 6) is 1.35. The zero-order valence-corrected chi connectivity index (χ0v) is 17.7. The van der Waals surface area contributed by atoms with Crippen LogP contribution in [0.2, 0.25) is 0 Å². The second kappa shape index (κ2) is 9.56. The highest BCUT2D eigenvalue weighted by molar-refractivity contribution is 5.72. The fraction of sp³-hybridized carbons (Fsp3) is 0.476. The molecule has 29 heavy (non-hydrogen) atoms. The summed E-state index contributed by atoms with van der Waals surface area (Å²) in [5.41, 5.74) is 2.35. The summed E-state index contributed by atoms with van der Waals surface area (Å²) in [4.78, 5) is 24.3. The van der Waals surface area contributed by atoms with Crippen LogP contribution >= 0.6 is 0 Å². The zero-order chi connectivity index (χ0) is 20.8. The van der Waals surface area contributed by atoms with Crippen molar-refractivity contribution in [2.45, 2.75) is 32.9 Å². The molecular formula is C21H30N6O2. The highest BCUT2D eigenvalue weighted by Crippen LogP contribution is 2.16. The van der Waals surface area contributed by atoms with Gasteiger partial charge in [0.2, 0.25) is 5.95 Å². The van der Waals surface area contributed by atoms with Crippen molar-refractivity contribution in [2.24, 2.45) is 0 Å². The van der Waals surface area contributed by atoms with Gasteiger partial charge in [0, 0.05) is 19.6 Å². The number of nitrogens with one attached hydrogen (secondary N) is 1. The molecule has 3 rings (SSSR count). The van der Waals surface area contributed by atoms with Gasteiger partial charge in [-0.05, 0) is 38.2 Å². The Morgan fingerprint density at radius 1 is 1.17 bits per heavy atom. The first-order valence-electron chi connectivity index (χ1n) is 10.0. The maximum Gasteiger partial charge on any atom is 0.330 e. The van der Waals surface area contributed by atoms with E-state index in [9.17, 15) is 4.79 Å². The molecule has 2 heterocycles. The molecule has 3 aromatic rings. The number of unbranched alkanes of at least 4 members (excludes halogenated alkanes) is 1. The van der Waals surface area contributed by atoms with Crippen LogP contribution in [0.4, 0.5) is 5.95 Å². The SMILES string of the molecule is CCCCNc1ncc2c(n1)n(Cc1ccc(OC)cc1)c(=O)n2CCN(C)C. The molecule has 0 aliphatic carbocycles. The predicted octanol–water partition coefficient (Wildman–Crippen LogP) is 2.42. The summed E-state index contributed by atoms with van der Waals surface area (Å²) in [6.45, 7) is 4.75. The smallest absolute Gasteiger partial charge is 0.330 e. The summed E-state index contributed by atoms with van der Waals surface area (Å²) < 4.78 is 8.71. The Bertz CT molecular complexity index is 991. The minimum Gasteiger partial charge on any atom is -0.497 e. The first-order chi connectivity index (χ1) is 14.0. The van der Waals surface area contributed by atoms with Crippen LogP contribution in [0, 0.1) is 0 Å². The third-order valence-electron chi connectivity index (χ3n) is 4.84. The predicted molar refractivity (Wildman–Crippen MR) is 116 cm³/mol. The summed E-state index contributed by atoms with van der Waals surface area (Å²) in [6.07, 6.45) is 3.89. The number of likely N-dealkylation sites (N-methyl/N-ethyl adjacent to an activating group) is 1. The number of anilines is 1. The van der Waals surface area contributed by atoms with Gasteiger partial charge in [-0.1, -0.05) is 25.5 Å². The van der Waals surface area contributed by atoms with Crippen LogP contribution in [0.3, 0.4) is 0 Å². The lowest BCUT2D eigenvalue weighted by Gasteiger charge is -2.09. The summed E-state index contributed by atoms with van der Waals surface area (Å²) in [6, 6.07) is 7.74. The first kappa shape index (κ1) is 20.9. The van der Waals surface area contributed by atoms with E-state index >= 15 is 0 Å². The quantitative estimate of drug-likeness (QED) is 0.529. The van der Waals surface area contributed by atoms with Crippen molar-refractivity contribution in [3.63, 3.8) is 0 Å². The molecular weight excluding hydrogens is 368 g/mol. The monoisotopic (exact) mass is 398 g/mol. The molecule has 0 spiro atoms. The van der Waals surface area contributed by atoms with Crippen molar-refractivity contribution in [2.75, 3.05) is 39.6 Å². The number of benzene rings is 1. The average Bonchev–Trinajstić information content (AvgIpc) is 2.98. The van der Waals surface area contributed by atoms with Gasteiger partial charge in [0.1, 0.15) is 11.3 Å². The van der Waals surface area contributed by atoms with E-state index in [1.165, 1.54) is 0 Å². The molecule has 1 aromatic carbocycles. The molecule has 1 N–H and O–H groups in total. The lowest BCUT2D eigenvalue weighted by molar-refractivity contribution is 0.382. The molecule has 0 atom stereocenters. The van der Waals surface area contributed by atoms with Crippen molar-refractivity contribution in [3.05, 3.63) is 46.5 Å². The molecule has 8 nitrogen and oxygen atoms in total. The van der Waals surface area contributed by atoms with Crippen LogP contribution in [0.5, 0.6) is 5.75 Å². The second-order valence-corrected chi connectivity index (χ2v) is 7.35. The Morgan fingerprint density at radius 3 is 2.59 bits per heavy atom. The number of ether oxygens (including phenoxy) is 1. The van der Waals surface area contributed by atoms with E-state index in [4.69, 9.17) is 4.74 Å². The van der Waals surface area contributed by atoms with Crippen LogP contribution in [-0.4, -0.2) is 58.3 Å². The largest absolute Gasteiger partial charge is 0.497 e. The number of fused-ring (bicyclic) bond motifs is 1. The molecule has 0 radical (unpaired) electrons. The zero-order valence-electron chi connectivity index (χ0n) is 17.7. The van der Waals surface area contributed by atoms with Crippen molar-refractivity contribution < 1.29 is 4.74 Å². The number of aromatic nitrogens is 4. The van der Waals surface area contributed by atoms with E-state index in [-0.39, 0.29) is 5.69 Å². The lowest BCUT2D eigenvalue weighted by Crippen LogP contribution is -2.28. The molecule has 0 amide bonds. The Morgan fingerprint density at radius 2 is 1.93 bits per heavy atom. The van der Waals surface area contributed by atoms with Gasteiger partial charge in [0.25, 0.3) is 0 Å². The molecule has 0 saturated carbocycles. The van der Waals surface area contributed by atoms with Gasteiger partial charge in [-0.3, -0.25) is 9.13 Å². The van der Waals surface area contributed by atoms with E-state index in [1.807, 2.05) is 38.4 Å². The van der Waals surface area contributed by atoms with Gasteiger partial charge in [0.05, 0.1) is 19.9 Å². The number of hydrogen-bond donors (Lipinski definition) is 1. The van der Waals surface area contributed by atoms with Gasteiger partial charge in [-0.25, -0.2) is 9.78 Å². The highest BCUT2D eigenvalue weighted by Gasteiger charge is 2.16. The minimum atomic E-state index is -0.0716. The molecule has 156 valence electrons. The molecule has 0 aliphatic heterocycles. The number of imidazole rings is 1. The molecule has 2 aromatic heterocycles. The van der Waals surface area contributed by atoms with Crippen molar-refractivity contribution in [1.82, 2.24) is 24.0 Å². The summed E-state index contributed by atoms with van der Waals surface area (Å²) in [7, 11) is 5.63. The topological polar surface area (TPSA) is 77.2 Å². The maximum atomic E-state index is 13.2. The minimum absolute atomic E-state index is 0.0716. The Kier molecular flexibility index (Phi) is 6.87. The second-order valence-electron chi connectivity index (χ2n) is 7.35. The van der Waals surface area contributed by atoms with E-state index in [1.54, 1.807) is 22.4 Å². The normalized spacial score (nSPS) is 11.3. The first-order valence-corrected chi connectivity index (χ1v) is 10.0. The van der Waals surface area contributed by atoms with Gasteiger partial charge in [-0.2, -0.15) is 4.98 Å². The van der Waals surface area contributed by atoms with Crippen LogP contribution in [0.15, 0.2) is 35.3 Å². The van der Waals surface area contributed by atoms with Crippen molar-refractivity contribution in [3.8, 4) is 5.75 Å². The van der Waals surface area contributed by atoms with Gasteiger partial charge in [-0.15, -0.1) is 0 Å². The molecule has 0 fully saturated rings. The number of nitrogens with zero attached hydrogens (tertiary/aromatic N) is 5. The standard InChI is InChI=1S/C21H30N6O2/c1-5-6-11-22-20-23-14-18-19(24-20)27(21(28)26(18)13-12-25(2)3)15-16-7-9-17(29-4)10-8-16/h7-10,14H,5-6,11-13,15H2,1-4H3,(H,22,23,24). The summed E-state index contributed by atoms with van der Waals surface area (Å²) in [5, 5.41) is 3.25. The van der Waals surface area contributed by atoms with E-state index in [2.05, 4.69) is 27.1 Å². The third-order valence-corrected chi connectivity index (χ3v) is 4.84. The lowest BCUT2D eigenvalue weighted by atomic mass is 10.2. The molecule has 0 bridgehead atoms. The van der Waals surface area contributed by atoms with Crippen LogP contribution in [-0.2, 0) is 13.1 Å². The number of hydrogen-bond acceptors (Lipinski definition) is 6. The molecule has 0 unspecified atom stereocenters. The van der Waals surface area contributed by atoms with Gasteiger partial charge in [0.15, 0.2) is 5.65 Å². The van der Waals surface area contributed by atoms with E-state index < -0.39 is 0 Å². The van der Waals surface area contributed by atoms with Gasteiger partial charge >= 0.3 is 5.69 Å². The highest BCUT2D eigenvalue weighted by atomic mass is 16.5. The summed E-state index contributed by atoms with van der Waals surface area (Å²) >= 11 is 0. The molecule has 0 aliphatic rings. The Hall–Kier alpha value is -2.87. The Labute approximate surface area is 171 Å². The molecule has 8 heteroatoms. The van der Waals surface area contributed by atoms with E-state index in [0.29, 0.717) is 24.7 Å². The fourth-order valence-corrected chi connectivity index (χ4v) is 3.13. The van der Waals surface area contributed by atoms with Crippen molar-refractivity contribution >= 4 is 17.1 Å². The van der Waals surface area contributed by atoms with Crippen LogP contribution in [0.1, 0.15) is 25.3 Å². The van der Waals surface area contributed by atoms with E-state index in [0.717, 1.165) is 42.8 Å². The number of methoxy groups -OCH3 is 1. The van der Waals surface area contributed by atoms with Crippen LogP contribution < -0.4 is 15.7 Å². The Balaban J connectivity index is 2.00. The van der Waals surface area contributed by atoms with Crippen LogP contribution in [0.25, 0.3) is 11.2 Å². The molecule has 0 saturated heterocycles. The van der Waals surface area contributed by atoms with Gasteiger partial charge < -0.3 is 15.0 Å². The number of rotatable bonds is 10. The third kappa shape index (κ3) is 4.95. The maximum absolute atomic E-state index is 13.2.